The third kappa shape index (κ3) is 4.01. The Labute approximate surface area is 97.0 Å². The van der Waals surface area contributed by atoms with E-state index in [-0.39, 0.29) is 0 Å². The number of hydrogen-bond acceptors (Lipinski definition) is 3. The summed E-state index contributed by atoms with van der Waals surface area (Å²) >= 11 is 0. The summed E-state index contributed by atoms with van der Waals surface area (Å²) in [6.45, 7) is 3.68. The van der Waals surface area contributed by atoms with Crippen LogP contribution in [-0.4, -0.2) is 19.8 Å². The molecule has 0 heterocycles. The van der Waals surface area contributed by atoms with E-state index in [1.807, 2.05) is 24.3 Å². The van der Waals surface area contributed by atoms with Crippen molar-refractivity contribution in [3.8, 4) is 6.07 Å². The molecule has 16 heavy (non-hydrogen) atoms. The molecule has 1 unspecified atom stereocenters. The van der Waals surface area contributed by atoms with E-state index in [9.17, 15) is 0 Å². The van der Waals surface area contributed by atoms with Gasteiger partial charge >= 0.3 is 0 Å². The van der Waals surface area contributed by atoms with Gasteiger partial charge in [-0.05, 0) is 24.1 Å². The minimum Gasteiger partial charge on any atom is -0.383 e. The quantitative estimate of drug-likeness (QED) is 0.795. The SMILES string of the molecule is CCC(COC)NCc1ccc(C#N)cc1. The zero-order valence-corrected chi connectivity index (χ0v) is 9.86. The number of benzene rings is 1. The third-order valence-electron chi connectivity index (χ3n) is 2.54. The van der Waals surface area contributed by atoms with E-state index in [0.29, 0.717) is 11.6 Å². The van der Waals surface area contributed by atoms with Crippen LogP contribution in [0.25, 0.3) is 0 Å². The minimum absolute atomic E-state index is 0.389. The third-order valence-corrected chi connectivity index (χ3v) is 2.54. The van der Waals surface area contributed by atoms with Gasteiger partial charge in [0.15, 0.2) is 0 Å². The average Bonchev–Trinajstić information content (AvgIpc) is 2.35. The van der Waals surface area contributed by atoms with E-state index in [1.165, 1.54) is 5.56 Å². The van der Waals surface area contributed by atoms with Gasteiger partial charge in [0.25, 0.3) is 0 Å². The van der Waals surface area contributed by atoms with Gasteiger partial charge in [0.2, 0.25) is 0 Å². The molecule has 0 saturated heterocycles. The van der Waals surface area contributed by atoms with Crippen molar-refractivity contribution in [2.24, 2.45) is 0 Å². The molecule has 0 aromatic heterocycles. The van der Waals surface area contributed by atoms with E-state index < -0.39 is 0 Å². The van der Waals surface area contributed by atoms with Crippen LogP contribution in [0.5, 0.6) is 0 Å². The van der Waals surface area contributed by atoms with Crippen molar-refractivity contribution in [3.05, 3.63) is 35.4 Å². The van der Waals surface area contributed by atoms with Crippen LogP contribution in [0.2, 0.25) is 0 Å². The van der Waals surface area contributed by atoms with E-state index >= 15 is 0 Å². The summed E-state index contributed by atoms with van der Waals surface area (Å²) in [4.78, 5) is 0. The van der Waals surface area contributed by atoms with Crippen LogP contribution in [0.15, 0.2) is 24.3 Å². The molecule has 0 aliphatic rings. The van der Waals surface area contributed by atoms with Crippen LogP contribution in [0, 0.1) is 11.3 Å². The Kier molecular flexibility index (Phi) is 5.55. The van der Waals surface area contributed by atoms with Crippen LogP contribution in [0.1, 0.15) is 24.5 Å². The van der Waals surface area contributed by atoms with Gasteiger partial charge in [-0.25, -0.2) is 0 Å². The summed E-state index contributed by atoms with van der Waals surface area (Å²) in [5.41, 5.74) is 1.89. The Balaban J connectivity index is 2.44. The minimum atomic E-state index is 0.389. The fraction of sp³-hybridized carbons (Fsp3) is 0.462. The predicted octanol–water partition coefficient (Wildman–Crippen LogP) is 2.07. The van der Waals surface area contributed by atoms with Crippen LogP contribution >= 0.6 is 0 Å². The fourth-order valence-corrected chi connectivity index (χ4v) is 1.48. The number of nitrogens with zero attached hydrogens (tertiary/aromatic N) is 1. The maximum Gasteiger partial charge on any atom is 0.0991 e. The van der Waals surface area contributed by atoms with Gasteiger partial charge in [0, 0.05) is 19.7 Å². The molecule has 0 saturated carbocycles. The fourth-order valence-electron chi connectivity index (χ4n) is 1.48. The molecule has 0 radical (unpaired) electrons. The molecule has 0 bridgehead atoms. The standard InChI is InChI=1S/C13H18N2O/c1-3-13(10-16-2)15-9-12-6-4-11(8-14)5-7-12/h4-7,13,15H,3,9-10H2,1-2H3. The molecule has 0 aliphatic carbocycles. The van der Waals surface area contributed by atoms with Gasteiger partial charge in [0.1, 0.15) is 0 Å². The normalized spacial score (nSPS) is 12.1. The van der Waals surface area contributed by atoms with Crippen molar-refractivity contribution in [1.29, 1.82) is 5.26 Å². The highest BCUT2D eigenvalue weighted by Crippen LogP contribution is 2.04. The summed E-state index contributed by atoms with van der Waals surface area (Å²) in [5, 5.41) is 12.1. The van der Waals surface area contributed by atoms with Gasteiger partial charge in [-0.1, -0.05) is 19.1 Å². The molecule has 0 fully saturated rings. The molecule has 0 spiro atoms. The van der Waals surface area contributed by atoms with Crippen molar-refractivity contribution in [1.82, 2.24) is 5.32 Å². The second kappa shape index (κ2) is 7.00. The zero-order chi connectivity index (χ0) is 11.8. The molecule has 3 nitrogen and oxygen atoms in total. The first-order valence-electron chi connectivity index (χ1n) is 5.51. The topological polar surface area (TPSA) is 45.0 Å². The lowest BCUT2D eigenvalue weighted by molar-refractivity contribution is 0.164. The molecular weight excluding hydrogens is 200 g/mol. The number of ether oxygens (including phenoxy) is 1. The summed E-state index contributed by atoms with van der Waals surface area (Å²) in [5.74, 6) is 0. The highest BCUT2D eigenvalue weighted by atomic mass is 16.5. The van der Waals surface area contributed by atoms with Crippen molar-refractivity contribution in [2.45, 2.75) is 25.9 Å². The molecule has 1 atom stereocenters. The summed E-state index contributed by atoms with van der Waals surface area (Å²) in [7, 11) is 1.71. The van der Waals surface area contributed by atoms with Gasteiger partial charge in [-0.3, -0.25) is 0 Å². The molecule has 0 aliphatic heterocycles. The molecule has 1 N–H and O–H groups in total. The van der Waals surface area contributed by atoms with Gasteiger partial charge in [0.05, 0.1) is 18.2 Å². The second-order valence-corrected chi connectivity index (χ2v) is 3.75. The Morgan fingerprint density at radius 2 is 2.06 bits per heavy atom. The molecule has 3 heteroatoms. The van der Waals surface area contributed by atoms with E-state index in [4.69, 9.17) is 10.00 Å². The van der Waals surface area contributed by atoms with E-state index in [0.717, 1.165) is 19.6 Å². The van der Waals surface area contributed by atoms with Crippen LogP contribution in [0.3, 0.4) is 0 Å². The molecule has 86 valence electrons. The van der Waals surface area contributed by atoms with Crippen LogP contribution in [-0.2, 0) is 11.3 Å². The molecule has 1 rings (SSSR count). The van der Waals surface area contributed by atoms with Gasteiger partial charge < -0.3 is 10.1 Å². The van der Waals surface area contributed by atoms with Crippen molar-refractivity contribution in [2.75, 3.05) is 13.7 Å². The number of nitrogens with one attached hydrogen (secondary N) is 1. The number of rotatable bonds is 6. The lowest BCUT2D eigenvalue weighted by Gasteiger charge is -2.15. The number of hydrogen-bond donors (Lipinski definition) is 1. The highest BCUT2D eigenvalue weighted by molar-refractivity contribution is 5.31. The van der Waals surface area contributed by atoms with Crippen molar-refractivity contribution < 1.29 is 4.74 Å². The zero-order valence-electron chi connectivity index (χ0n) is 9.86. The number of nitriles is 1. The van der Waals surface area contributed by atoms with E-state index in [1.54, 1.807) is 7.11 Å². The smallest absolute Gasteiger partial charge is 0.0991 e. The van der Waals surface area contributed by atoms with E-state index in [2.05, 4.69) is 18.3 Å². The maximum absolute atomic E-state index is 8.67. The lowest BCUT2D eigenvalue weighted by Crippen LogP contribution is -2.31. The molecule has 1 aromatic rings. The average molecular weight is 218 g/mol. The van der Waals surface area contributed by atoms with Crippen LogP contribution < -0.4 is 5.32 Å². The first-order valence-corrected chi connectivity index (χ1v) is 5.51. The molecule has 1 aromatic carbocycles. The lowest BCUT2D eigenvalue weighted by atomic mass is 10.1. The predicted molar refractivity (Wildman–Crippen MR) is 64.0 cm³/mol. The second-order valence-electron chi connectivity index (χ2n) is 3.75. The Bertz CT molecular complexity index is 340. The first kappa shape index (κ1) is 12.7. The highest BCUT2D eigenvalue weighted by Gasteiger charge is 2.04. The summed E-state index contributed by atoms with van der Waals surface area (Å²) in [6, 6.07) is 10.1. The Hall–Kier alpha value is -1.37. The number of methoxy groups -OCH3 is 1. The largest absolute Gasteiger partial charge is 0.383 e. The molecular formula is C13H18N2O. The first-order chi connectivity index (χ1) is 7.80. The monoisotopic (exact) mass is 218 g/mol. The summed E-state index contributed by atoms with van der Waals surface area (Å²) < 4.78 is 5.11. The maximum atomic E-state index is 8.67. The van der Waals surface area contributed by atoms with Gasteiger partial charge in [-0.2, -0.15) is 5.26 Å². The Morgan fingerprint density at radius 1 is 1.38 bits per heavy atom. The van der Waals surface area contributed by atoms with Crippen molar-refractivity contribution in [3.63, 3.8) is 0 Å². The molecule has 0 amide bonds. The van der Waals surface area contributed by atoms with Gasteiger partial charge in [-0.15, -0.1) is 0 Å². The van der Waals surface area contributed by atoms with Crippen LogP contribution in [0.4, 0.5) is 0 Å². The summed E-state index contributed by atoms with van der Waals surface area (Å²) in [6.07, 6.45) is 1.05. The van der Waals surface area contributed by atoms with Crippen molar-refractivity contribution >= 4 is 0 Å². The Morgan fingerprint density at radius 3 is 2.56 bits per heavy atom.